The summed E-state index contributed by atoms with van der Waals surface area (Å²) in [7, 11) is 0. The number of benzene rings is 1. The lowest BCUT2D eigenvalue weighted by atomic mass is 10.1. The van der Waals surface area contributed by atoms with Gasteiger partial charge in [-0.1, -0.05) is 43.3 Å². The van der Waals surface area contributed by atoms with Gasteiger partial charge in [0.2, 0.25) is 5.91 Å². The molecule has 2 heterocycles. The van der Waals surface area contributed by atoms with Crippen LogP contribution in [-0.4, -0.2) is 26.4 Å². The van der Waals surface area contributed by atoms with Crippen molar-refractivity contribution < 1.29 is 4.79 Å². The van der Waals surface area contributed by atoms with Gasteiger partial charge in [-0.05, 0) is 44.4 Å². The summed E-state index contributed by atoms with van der Waals surface area (Å²) in [6.07, 6.45) is 2.22. The first-order chi connectivity index (χ1) is 13.5. The van der Waals surface area contributed by atoms with Gasteiger partial charge in [0.15, 0.2) is 11.0 Å². The van der Waals surface area contributed by atoms with Crippen LogP contribution >= 0.6 is 23.1 Å². The number of nitrogens with one attached hydrogen (secondary N) is 1. The monoisotopic (exact) mass is 414 g/mol. The third-order valence-electron chi connectivity index (χ3n) is 4.52. The lowest BCUT2D eigenvalue weighted by molar-refractivity contribution is -0.113. The number of rotatable bonds is 8. The van der Waals surface area contributed by atoms with Crippen LogP contribution < -0.4 is 5.32 Å². The first-order valence-corrected chi connectivity index (χ1v) is 11.4. The normalized spacial score (nSPS) is 11.0. The number of carbonyl (C=O) groups is 1. The Bertz CT molecular complexity index is 941. The fourth-order valence-corrected chi connectivity index (χ4v) is 4.86. The molecular formula is C21H26N4OS2. The second-order valence-corrected chi connectivity index (χ2v) is 8.64. The van der Waals surface area contributed by atoms with Crippen molar-refractivity contribution in [2.24, 2.45) is 0 Å². The van der Waals surface area contributed by atoms with Gasteiger partial charge in [-0.2, -0.15) is 0 Å². The van der Waals surface area contributed by atoms with Crippen molar-refractivity contribution in [2.45, 2.75) is 52.2 Å². The first kappa shape index (κ1) is 20.6. The molecule has 0 fully saturated rings. The van der Waals surface area contributed by atoms with E-state index in [0.29, 0.717) is 5.75 Å². The number of hydrogen-bond donors (Lipinski definition) is 1. The molecule has 28 heavy (non-hydrogen) atoms. The quantitative estimate of drug-likeness (QED) is 0.506. The maximum Gasteiger partial charge on any atom is 0.234 e. The predicted octanol–water partition coefficient (Wildman–Crippen LogP) is 5.33. The SMILES string of the molecule is CCCc1cc(-c2nnc(SCC(=O)Nc3c(C)cccc3C)n2CC)cs1. The van der Waals surface area contributed by atoms with Gasteiger partial charge < -0.3 is 9.88 Å². The molecular weight excluding hydrogens is 388 g/mol. The van der Waals surface area contributed by atoms with Crippen molar-refractivity contribution in [1.29, 1.82) is 0 Å². The molecule has 2 aromatic heterocycles. The largest absolute Gasteiger partial charge is 0.325 e. The summed E-state index contributed by atoms with van der Waals surface area (Å²) < 4.78 is 2.08. The number of carbonyl (C=O) groups excluding carboxylic acids is 1. The van der Waals surface area contributed by atoms with Gasteiger partial charge in [0, 0.05) is 28.1 Å². The average molecular weight is 415 g/mol. The van der Waals surface area contributed by atoms with Crippen molar-refractivity contribution in [3.05, 3.63) is 45.6 Å². The van der Waals surface area contributed by atoms with Gasteiger partial charge in [-0.15, -0.1) is 21.5 Å². The van der Waals surface area contributed by atoms with Crippen molar-refractivity contribution >= 4 is 34.7 Å². The van der Waals surface area contributed by atoms with E-state index in [9.17, 15) is 4.79 Å². The molecule has 0 saturated carbocycles. The molecule has 7 heteroatoms. The number of para-hydroxylation sites is 1. The summed E-state index contributed by atoms with van der Waals surface area (Å²) in [4.78, 5) is 13.8. The standard InChI is InChI=1S/C21H26N4OS2/c1-5-8-17-11-16(12-27-17)20-23-24-21(25(20)6-2)28-13-18(26)22-19-14(3)9-7-10-15(19)4/h7,9-12H,5-6,8,13H2,1-4H3,(H,22,26). The van der Waals surface area contributed by atoms with Crippen molar-refractivity contribution in [3.63, 3.8) is 0 Å². The Morgan fingerprint density at radius 3 is 2.64 bits per heavy atom. The number of thiophene rings is 1. The highest BCUT2D eigenvalue weighted by Crippen LogP contribution is 2.28. The van der Waals surface area contributed by atoms with Gasteiger partial charge in [-0.25, -0.2) is 0 Å². The summed E-state index contributed by atoms with van der Waals surface area (Å²) in [5.41, 5.74) is 4.14. The van der Waals surface area contributed by atoms with E-state index in [4.69, 9.17) is 0 Å². The molecule has 0 spiro atoms. The van der Waals surface area contributed by atoms with Crippen molar-refractivity contribution in [1.82, 2.24) is 14.8 Å². The topological polar surface area (TPSA) is 59.8 Å². The maximum atomic E-state index is 12.5. The number of amides is 1. The Hall–Kier alpha value is -2.12. The van der Waals surface area contributed by atoms with E-state index in [1.807, 2.05) is 32.0 Å². The zero-order chi connectivity index (χ0) is 20.1. The molecule has 0 aliphatic carbocycles. The molecule has 0 aliphatic rings. The number of anilines is 1. The number of aryl methyl sites for hydroxylation is 3. The van der Waals surface area contributed by atoms with Crippen LogP contribution in [0, 0.1) is 13.8 Å². The highest BCUT2D eigenvalue weighted by molar-refractivity contribution is 7.99. The van der Waals surface area contributed by atoms with E-state index < -0.39 is 0 Å². The molecule has 5 nitrogen and oxygen atoms in total. The van der Waals surface area contributed by atoms with E-state index in [-0.39, 0.29) is 5.91 Å². The molecule has 0 aliphatic heterocycles. The smallest absolute Gasteiger partial charge is 0.234 e. The molecule has 1 amide bonds. The number of hydrogen-bond acceptors (Lipinski definition) is 5. The molecule has 1 aromatic carbocycles. The van der Waals surface area contributed by atoms with Gasteiger partial charge in [-0.3, -0.25) is 4.79 Å². The van der Waals surface area contributed by atoms with Gasteiger partial charge in [0.1, 0.15) is 0 Å². The molecule has 0 unspecified atom stereocenters. The highest BCUT2D eigenvalue weighted by Gasteiger charge is 2.16. The fourth-order valence-electron chi connectivity index (χ4n) is 3.09. The Labute approximate surface area is 174 Å². The highest BCUT2D eigenvalue weighted by atomic mass is 32.2. The van der Waals surface area contributed by atoms with Gasteiger partial charge >= 0.3 is 0 Å². The Morgan fingerprint density at radius 2 is 1.96 bits per heavy atom. The van der Waals surface area contributed by atoms with Gasteiger partial charge in [0.05, 0.1) is 5.75 Å². The Morgan fingerprint density at radius 1 is 1.21 bits per heavy atom. The van der Waals surface area contributed by atoms with E-state index in [2.05, 4.69) is 45.4 Å². The first-order valence-electron chi connectivity index (χ1n) is 9.53. The van der Waals surface area contributed by atoms with Crippen LogP contribution in [0.25, 0.3) is 11.4 Å². The minimum atomic E-state index is -0.0321. The van der Waals surface area contributed by atoms with Crippen molar-refractivity contribution in [2.75, 3.05) is 11.1 Å². The Kier molecular flexibility index (Phi) is 6.91. The van der Waals surface area contributed by atoms with Crippen LogP contribution in [0.2, 0.25) is 0 Å². The van der Waals surface area contributed by atoms with Crippen LogP contribution in [0.1, 0.15) is 36.3 Å². The minimum Gasteiger partial charge on any atom is -0.325 e. The lowest BCUT2D eigenvalue weighted by Gasteiger charge is -2.11. The van der Waals surface area contributed by atoms with E-state index >= 15 is 0 Å². The van der Waals surface area contributed by atoms with Crippen LogP contribution in [0.3, 0.4) is 0 Å². The van der Waals surface area contributed by atoms with Crippen LogP contribution in [0.15, 0.2) is 34.8 Å². The van der Waals surface area contributed by atoms with E-state index in [1.165, 1.54) is 16.6 Å². The zero-order valence-corrected chi connectivity index (χ0v) is 18.4. The number of nitrogens with zero attached hydrogens (tertiary/aromatic N) is 3. The number of aromatic nitrogens is 3. The fraction of sp³-hybridized carbons (Fsp3) is 0.381. The molecule has 0 bridgehead atoms. The van der Waals surface area contributed by atoms with Gasteiger partial charge in [0.25, 0.3) is 0 Å². The van der Waals surface area contributed by atoms with Crippen LogP contribution in [0.4, 0.5) is 5.69 Å². The van der Waals surface area contributed by atoms with E-state index in [1.54, 1.807) is 11.3 Å². The Balaban J connectivity index is 1.69. The van der Waals surface area contributed by atoms with Crippen LogP contribution in [0.5, 0.6) is 0 Å². The minimum absolute atomic E-state index is 0.0321. The second kappa shape index (κ2) is 9.39. The summed E-state index contributed by atoms with van der Waals surface area (Å²) in [5, 5.41) is 14.7. The van der Waals surface area contributed by atoms with Crippen LogP contribution in [-0.2, 0) is 17.8 Å². The lowest BCUT2D eigenvalue weighted by Crippen LogP contribution is -2.16. The molecule has 0 atom stereocenters. The summed E-state index contributed by atoms with van der Waals surface area (Å²) in [6, 6.07) is 8.20. The van der Waals surface area contributed by atoms with E-state index in [0.717, 1.165) is 52.7 Å². The molecule has 0 radical (unpaired) electrons. The summed E-state index contributed by atoms with van der Waals surface area (Å²) >= 11 is 3.19. The third kappa shape index (κ3) is 4.64. The average Bonchev–Trinajstić information content (AvgIpc) is 3.29. The molecule has 1 N–H and O–H groups in total. The predicted molar refractivity (Wildman–Crippen MR) is 118 cm³/mol. The summed E-state index contributed by atoms with van der Waals surface area (Å²) in [5.74, 6) is 1.14. The zero-order valence-electron chi connectivity index (χ0n) is 16.8. The molecule has 3 rings (SSSR count). The maximum absolute atomic E-state index is 12.5. The molecule has 0 saturated heterocycles. The summed E-state index contributed by atoms with van der Waals surface area (Å²) in [6.45, 7) is 9.04. The molecule has 3 aromatic rings. The third-order valence-corrected chi connectivity index (χ3v) is 6.48. The van der Waals surface area contributed by atoms with Crippen molar-refractivity contribution in [3.8, 4) is 11.4 Å². The number of thioether (sulfide) groups is 1. The molecule has 148 valence electrons. The second-order valence-electron chi connectivity index (χ2n) is 6.71.